The Kier molecular flexibility index (Phi) is 8.06. The maximum Gasteiger partial charge on any atom is 0.120 e. The van der Waals surface area contributed by atoms with Gasteiger partial charge in [-0.15, -0.1) is 0 Å². The third kappa shape index (κ3) is 6.01. The molecule has 0 saturated carbocycles. The minimum Gasteiger partial charge on any atom is -0.508 e. The van der Waals surface area contributed by atoms with E-state index in [1.54, 1.807) is 38.5 Å². The van der Waals surface area contributed by atoms with Gasteiger partial charge in [-0.2, -0.15) is 0 Å². The van der Waals surface area contributed by atoms with E-state index in [9.17, 15) is 10.2 Å². The Morgan fingerprint density at radius 2 is 0.727 bits per heavy atom. The van der Waals surface area contributed by atoms with Crippen molar-refractivity contribution in [2.75, 3.05) is 24.0 Å². The third-order valence-corrected chi connectivity index (χ3v) is 7.38. The molecule has 2 N–H and O–H groups in total. The predicted molar refractivity (Wildman–Crippen MR) is 178 cm³/mol. The van der Waals surface area contributed by atoms with Crippen LogP contribution in [0.3, 0.4) is 0 Å². The summed E-state index contributed by atoms with van der Waals surface area (Å²) in [5, 5.41) is 20.4. The molecule has 0 amide bonds. The molecule has 0 aliphatic rings. The van der Waals surface area contributed by atoms with Crippen molar-refractivity contribution in [3.63, 3.8) is 0 Å². The average Bonchev–Trinajstić information content (AvgIpc) is 3.06. The van der Waals surface area contributed by atoms with Gasteiger partial charge in [0.15, 0.2) is 0 Å². The molecule has 0 aliphatic carbocycles. The highest BCUT2D eigenvalue weighted by Gasteiger charge is 2.16. The molecule has 0 unspecified atom stereocenters. The average molecular weight is 581 g/mol. The zero-order valence-electron chi connectivity index (χ0n) is 24.5. The molecule has 6 aromatic rings. The first-order valence-corrected chi connectivity index (χ1v) is 14.2. The number of rotatable bonds is 9. The van der Waals surface area contributed by atoms with Gasteiger partial charge in [-0.1, -0.05) is 48.5 Å². The molecule has 0 spiro atoms. The van der Waals surface area contributed by atoms with Crippen LogP contribution < -0.4 is 19.3 Å². The Bertz CT molecular complexity index is 1730. The minimum atomic E-state index is 0.195. The third-order valence-electron chi connectivity index (χ3n) is 7.38. The van der Waals surface area contributed by atoms with E-state index in [2.05, 4.69) is 58.3 Å². The number of phenols is 2. The van der Waals surface area contributed by atoms with Gasteiger partial charge in [-0.25, -0.2) is 0 Å². The quantitative estimate of drug-likeness (QED) is 0.177. The van der Waals surface area contributed by atoms with E-state index < -0.39 is 0 Å². The molecule has 6 aromatic carbocycles. The van der Waals surface area contributed by atoms with E-state index in [0.29, 0.717) is 0 Å². The summed E-state index contributed by atoms with van der Waals surface area (Å²) >= 11 is 0. The second-order valence-electron chi connectivity index (χ2n) is 10.2. The number of anilines is 6. The van der Waals surface area contributed by atoms with Crippen LogP contribution in [0.2, 0.25) is 0 Å². The lowest BCUT2D eigenvalue weighted by Crippen LogP contribution is -2.10. The Morgan fingerprint density at radius 3 is 1.07 bits per heavy atom. The van der Waals surface area contributed by atoms with E-state index in [1.165, 1.54) is 0 Å². The smallest absolute Gasteiger partial charge is 0.120 e. The number of ether oxygens (including phenoxy) is 2. The van der Waals surface area contributed by atoms with E-state index in [1.807, 2.05) is 72.8 Å². The SMILES string of the molecule is COc1cccc(N(c2ccc(-c3ccc(N(c4cccc(O)c4)c4cccc(OC)c4)cc3)cc2)c2cccc(O)c2)c1. The van der Waals surface area contributed by atoms with E-state index in [-0.39, 0.29) is 11.5 Å². The molecule has 6 rings (SSSR count). The maximum absolute atomic E-state index is 10.2. The molecule has 0 atom stereocenters. The fourth-order valence-corrected chi connectivity index (χ4v) is 5.26. The van der Waals surface area contributed by atoms with Crippen LogP contribution in [0.4, 0.5) is 34.1 Å². The summed E-state index contributed by atoms with van der Waals surface area (Å²) in [6.07, 6.45) is 0. The highest BCUT2D eigenvalue weighted by Crippen LogP contribution is 2.40. The number of benzene rings is 6. The van der Waals surface area contributed by atoms with Crippen molar-refractivity contribution in [2.45, 2.75) is 0 Å². The standard InChI is InChI=1S/C38H32N2O4/c1-43-37-13-5-9-33(25-37)39(31-7-3-11-35(41)23-31)29-19-15-27(16-20-29)28-17-21-30(22-18-28)40(32-8-4-12-36(42)24-32)34-10-6-14-38(26-34)44-2/h3-26,41-42H,1-2H3. The van der Waals surface area contributed by atoms with Crippen LogP contribution >= 0.6 is 0 Å². The predicted octanol–water partition coefficient (Wildman–Crippen LogP) is 9.72. The van der Waals surface area contributed by atoms with Crippen LogP contribution in [0.25, 0.3) is 11.1 Å². The Labute approximate surface area is 257 Å². The molecular weight excluding hydrogens is 548 g/mol. The normalized spacial score (nSPS) is 10.7. The molecule has 0 aromatic heterocycles. The summed E-state index contributed by atoms with van der Waals surface area (Å²) in [7, 11) is 3.30. The van der Waals surface area contributed by atoms with Crippen molar-refractivity contribution in [2.24, 2.45) is 0 Å². The van der Waals surface area contributed by atoms with E-state index in [0.717, 1.165) is 56.8 Å². The summed E-state index contributed by atoms with van der Waals surface area (Å²) in [5.41, 5.74) is 7.50. The van der Waals surface area contributed by atoms with Gasteiger partial charge in [0.2, 0.25) is 0 Å². The molecule has 0 saturated heterocycles. The van der Waals surface area contributed by atoms with E-state index >= 15 is 0 Å². The molecule has 0 radical (unpaired) electrons. The van der Waals surface area contributed by atoms with Gasteiger partial charge in [0, 0.05) is 58.4 Å². The lowest BCUT2D eigenvalue weighted by Gasteiger charge is -2.26. The van der Waals surface area contributed by atoms with Gasteiger partial charge in [0.1, 0.15) is 23.0 Å². The van der Waals surface area contributed by atoms with E-state index in [4.69, 9.17) is 9.47 Å². The molecule has 0 heterocycles. The van der Waals surface area contributed by atoms with Gasteiger partial charge in [-0.3, -0.25) is 0 Å². The fraction of sp³-hybridized carbons (Fsp3) is 0.0526. The number of hydrogen-bond donors (Lipinski definition) is 2. The Balaban J connectivity index is 1.34. The Hall–Kier alpha value is -5.88. The molecule has 6 nitrogen and oxygen atoms in total. The number of nitrogens with zero attached hydrogens (tertiary/aromatic N) is 2. The largest absolute Gasteiger partial charge is 0.508 e. The van der Waals surface area contributed by atoms with Crippen molar-refractivity contribution in [1.29, 1.82) is 0 Å². The molecular formula is C38H32N2O4. The summed E-state index contributed by atoms with van der Waals surface area (Å²) < 4.78 is 11.0. The zero-order valence-corrected chi connectivity index (χ0v) is 24.5. The molecule has 44 heavy (non-hydrogen) atoms. The first kappa shape index (κ1) is 28.2. The highest BCUT2D eigenvalue weighted by atomic mass is 16.5. The minimum absolute atomic E-state index is 0.195. The summed E-state index contributed by atoms with van der Waals surface area (Å²) in [4.78, 5) is 4.16. The van der Waals surface area contributed by atoms with Crippen LogP contribution in [-0.2, 0) is 0 Å². The number of phenolic OH excluding ortho intramolecular Hbond substituents is 2. The first-order chi connectivity index (χ1) is 21.5. The van der Waals surface area contributed by atoms with Gasteiger partial charge < -0.3 is 29.5 Å². The summed E-state index contributed by atoms with van der Waals surface area (Å²) in [6.45, 7) is 0. The van der Waals surface area contributed by atoms with Crippen LogP contribution in [0, 0.1) is 0 Å². The second-order valence-corrected chi connectivity index (χ2v) is 10.2. The summed E-state index contributed by atoms with van der Waals surface area (Å²) in [6, 6.07) is 46.7. The zero-order chi connectivity index (χ0) is 30.5. The maximum atomic E-state index is 10.2. The van der Waals surface area contributed by atoms with Crippen LogP contribution in [0.15, 0.2) is 146 Å². The van der Waals surface area contributed by atoms with Gasteiger partial charge in [0.05, 0.1) is 14.2 Å². The number of hydrogen-bond acceptors (Lipinski definition) is 6. The number of methoxy groups -OCH3 is 2. The van der Waals surface area contributed by atoms with Gasteiger partial charge in [0.25, 0.3) is 0 Å². The fourth-order valence-electron chi connectivity index (χ4n) is 5.26. The molecule has 6 heteroatoms. The molecule has 0 aliphatic heterocycles. The summed E-state index contributed by atoms with van der Waals surface area (Å²) in [5.74, 6) is 1.89. The monoisotopic (exact) mass is 580 g/mol. The van der Waals surface area contributed by atoms with Crippen LogP contribution in [-0.4, -0.2) is 24.4 Å². The highest BCUT2D eigenvalue weighted by molar-refractivity contribution is 5.81. The lowest BCUT2D eigenvalue weighted by atomic mass is 10.0. The molecule has 0 bridgehead atoms. The van der Waals surface area contributed by atoms with Crippen molar-refractivity contribution < 1.29 is 19.7 Å². The van der Waals surface area contributed by atoms with Crippen LogP contribution in [0.1, 0.15) is 0 Å². The first-order valence-electron chi connectivity index (χ1n) is 14.2. The van der Waals surface area contributed by atoms with Gasteiger partial charge >= 0.3 is 0 Å². The Morgan fingerprint density at radius 1 is 0.386 bits per heavy atom. The second kappa shape index (κ2) is 12.5. The topological polar surface area (TPSA) is 65.4 Å². The van der Waals surface area contributed by atoms with Gasteiger partial charge in [-0.05, 0) is 83.9 Å². The van der Waals surface area contributed by atoms with Crippen molar-refractivity contribution in [3.05, 3.63) is 146 Å². The van der Waals surface area contributed by atoms with Crippen molar-refractivity contribution in [3.8, 4) is 34.1 Å². The van der Waals surface area contributed by atoms with Crippen molar-refractivity contribution in [1.82, 2.24) is 0 Å². The number of aromatic hydroxyl groups is 2. The van der Waals surface area contributed by atoms with Crippen LogP contribution in [0.5, 0.6) is 23.0 Å². The molecule has 0 fully saturated rings. The van der Waals surface area contributed by atoms with Crippen molar-refractivity contribution >= 4 is 34.1 Å². The molecule has 218 valence electrons. The lowest BCUT2D eigenvalue weighted by molar-refractivity contribution is 0.415.